The molecule has 0 saturated carbocycles. The normalized spacial score (nSPS) is 19.3. The van der Waals surface area contributed by atoms with E-state index in [4.69, 9.17) is 14.7 Å². The monoisotopic (exact) mass is 274 g/mol. The lowest BCUT2D eigenvalue weighted by atomic mass is 10.1. The molecule has 1 amide bonds. The Kier molecular flexibility index (Phi) is 5.10. The Balaban J connectivity index is 1.82. The number of benzene rings is 1. The van der Waals surface area contributed by atoms with Crippen LogP contribution in [-0.2, 0) is 14.3 Å². The van der Waals surface area contributed by atoms with E-state index in [-0.39, 0.29) is 5.91 Å². The molecule has 1 fully saturated rings. The molecule has 1 aliphatic heterocycles. The number of rotatable bonds is 5. The predicted molar refractivity (Wildman–Crippen MR) is 74.1 cm³/mol. The molecule has 1 aromatic carbocycles. The van der Waals surface area contributed by atoms with E-state index in [9.17, 15) is 4.79 Å². The molecule has 2 rings (SSSR count). The second-order valence-corrected chi connectivity index (χ2v) is 4.89. The summed E-state index contributed by atoms with van der Waals surface area (Å²) < 4.78 is 10.8. The molecular weight excluding hydrogens is 256 g/mol. The SMILES string of the molecule is CC(OCC1CCOC1)C(=O)Nc1cccc(C#N)c1. The lowest BCUT2D eigenvalue weighted by Crippen LogP contribution is -2.29. The molecule has 1 aliphatic rings. The van der Waals surface area contributed by atoms with E-state index in [1.54, 1.807) is 31.2 Å². The number of nitriles is 1. The van der Waals surface area contributed by atoms with Crippen LogP contribution in [0.1, 0.15) is 18.9 Å². The van der Waals surface area contributed by atoms with Crippen LogP contribution in [0.4, 0.5) is 5.69 Å². The van der Waals surface area contributed by atoms with Crippen LogP contribution in [-0.4, -0.2) is 31.8 Å². The first-order chi connectivity index (χ1) is 9.69. The van der Waals surface area contributed by atoms with Crippen molar-refractivity contribution in [3.63, 3.8) is 0 Å². The maximum atomic E-state index is 12.0. The van der Waals surface area contributed by atoms with Crippen LogP contribution in [0.5, 0.6) is 0 Å². The zero-order valence-corrected chi connectivity index (χ0v) is 11.5. The van der Waals surface area contributed by atoms with Gasteiger partial charge in [0.1, 0.15) is 6.10 Å². The van der Waals surface area contributed by atoms with Crippen LogP contribution in [0.15, 0.2) is 24.3 Å². The number of nitrogens with one attached hydrogen (secondary N) is 1. The second kappa shape index (κ2) is 7.04. The van der Waals surface area contributed by atoms with E-state index < -0.39 is 6.10 Å². The molecule has 0 spiro atoms. The van der Waals surface area contributed by atoms with Gasteiger partial charge in [-0.1, -0.05) is 6.07 Å². The van der Waals surface area contributed by atoms with Gasteiger partial charge in [-0.25, -0.2) is 0 Å². The van der Waals surface area contributed by atoms with Gasteiger partial charge in [0.15, 0.2) is 0 Å². The summed E-state index contributed by atoms with van der Waals surface area (Å²) in [7, 11) is 0. The zero-order chi connectivity index (χ0) is 14.4. The van der Waals surface area contributed by atoms with Gasteiger partial charge in [-0.2, -0.15) is 5.26 Å². The maximum Gasteiger partial charge on any atom is 0.253 e. The Labute approximate surface area is 118 Å². The number of ether oxygens (including phenoxy) is 2. The van der Waals surface area contributed by atoms with Crippen molar-refractivity contribution in [3.05, 3.63) is 29.8 Å². The second-order valence-electron chi connectivity index (χ2n) is 4.89. The Morgan fingerprint density at radius 2 is 2.50 bits per heavy atom. The van der Waals surface area contributed by atoms with Crippen molar-refractivity contribution in [2.75, 3.05) is 25.1 Å². The molecule has 1 aromatic rings. The standard InChI is InChI=1S/C15H18N2O3/c1-11(20-10-13-5-6-19-9-13)15(18)17-14-4-2-3-12(7-14)8-16/h2-4,7,11,13H,5-6,9-10H2,1H3,(H,17,18). The molecule has 20 heavy (non-hydrogen) atoms. The summed E-state index contributed by atoms with van der Waals surface area (Å²) in [5.41, 5.74) is 1.12. The van der Waals surface area contributed by atoms with Gasteiger partial charge in [-0.3, -0.25) is 4.79 Å². The fourth-order valence-corrected chi connectivity index (χ4v) is 1.98. The summed E-state index contributed by atoms with van der Waals surface area (Å²) in [5.74, 6) is 0.172. The van der Waals surface area contributed by atoms with Gasteiger partial charge in [0.05, 0.1) is 24.8 Å². The smallest absolute Gasteiger partial charge is 0.253 e. The summed E-state index contributed by atoms with van der Waals surface area (Å²) in [5, 5.41) is 11.6. The lowest BCUT2D eigenvalue weighted by molar-refractivity contribution is -0.127. The molecule has 106 valence electrons. The molecular formula is C15H18N2O3. The van der Waals surface area contributed by atoms with Crippen LogP contribution < -0.4 is 5.32 Å². The van der Waals surface area contributed by atoms with Crippen molar-refractivity contribution >= 4 is 11.6 Å². The first kappa shape index (κ1) is 14.5. The average molecular weight is 274 g/mol. The van der Waals surface area contributed by atoms with Gasteiger partial charge >= 0.3 is 0 Å². The first-order valence-electron chi connectivity index (χ1n) is 6.69. The first-order valence-corrected chi connectivity index (χ1v) is 6.69. The molecule has 2 unspecified atom stereocenters. The van der Waals surface area contributed by atoms with E-state index in [2.05, 4.69) is 5.32 Å². The van der Waals surface area contributed by atoms with Crippen LogP contribution in [0.2, 0.25) is 0 Å². The Hall–Kier alpha value is -1.90. The minimum absolute atomic E-state index is 0.209. The predicted octanol–water partition coefficient (Wildman–Crippen LogP) is 1.94. The van der Waals surface area contributed by atoms with Crippen molar-refractivity contribution in [3.8, 4) is 6.07 Å². The largest absolute Gasteiger partial charge is 0.381 e. The number of carbonyl (C=O) groups is 1. The summed E-state index contributed by atoms with van der Waals surface area (Å²) in [6, 6.07) is 8.84. The third kappa shape index (κ3) is 4.05. The topological polar surface area (TPSA) is 71.3 Å². The highest BCUT2D eigenvalue weighted by atomic mass is 16.5. The molecule has 2 atom stereocenters. The Morgan fingerprint density at radius 3 is 3.20 bits per heavy atom. The summed E-state index contributed by atoms with van der Waals surface area (Å²) in [6.45, 7) is 3.74. The minimum Gasteiger partial charge on any atom is -0.381 e. The molecule has 5 heteroatoms. The molecule has 0 bridgehead atoms. The van der Waals surface area contributed by atoms with Gasteiger partial charge < -0.3 is 14.8 Å². The summed E-state index contributed by atoms with van der Waals surface area (Å²) >= 11 is 0. The van der Waals surface area contributed by atoms with E-state index in [0.29, 0.717) is 30.4 Å². The van der Waals surface area contributed by atoms with Gasteiger partial charge in [0.25, 0.3) is 5.91 Å². The molecule has 0 aliphatic carbocycles. The minimum atomic E-state index is -0.527. The van der Waals surface area contributed by atoms with E-state index >= 15 is 0 Å². The number of amides is 1. The van der Waals surface area contributed by atoms with Crippen LogP contribution in [0.25, 0.3) is 0 Å². The third-order valence-corrected chi connectivity index (χ3v) is 3.23. The highest BCUT2D eigenvalue weighted by Gasteiger charge is 2.19. The Bertz CT molecular complexity index is 504. The molecule has 5 nitrogen and oxygen atoms in total. The van der Waals surface area contributed by atoms with Crippen LogP contribution >= 0.6 is 0 Å². The zero-order valence-electron chi connectivity index (χ0n) is 11.5. The van der Waals surface area contributed by atoms with Crippen LogP contribution in [0.3, 0.4) is 0 Å². The van der Waals surface area contributed by atoms with Crippen LogP contribution in [0, 0.1) is 17.2 Å². The third-order valence-electron chi connectivity index (χ3n) is 3.23. The van der Waals surface area contributed by atoms with Gasteiger partial charge in [0.2, 0.25) is 0 Å². The number of nitrogens with zero attached hydrogens (tertiary/aromatic N) is 1. The van der Waals surface area contributed by atoms with Crippen molar-refractivity contribution in [1.82, 2.24) is 0 Å². The molecule has 0 radical (unpaired) electrons. The van der Waals surface area contributed by atoms with Gasteiger partial charge in [-0.15, -0.1) is 0 Å². The highest BCUT2D eigenvalue weighted by Crippen LogP contribution is 2.14. The number of hydrogen-bond acceptors (Lipinski definition) is 4. The summed E-state index contributed by atoms with van der Waals surface area (Å²) in [4.78, 5) is 12.0. The van der Waals surface area contributed by atoms with Gasteiger partial charge in [-0.05, 0) is 31.5 Å². The molecule has 1 saturated heterocycles. The number of carbonyl (C=O) groups excluding carboxylic acids is 1. The van der Waals surface area contributed by atoms with Crippen molar-refractivity contribution < 1.29 is 14.3 Å². The average Bonchev–Trinajstić information content (AvgIpc) is 2.98. The Morgan fingerprint density at radius 1 is 1.65 bits per heavy atom. The number of hydrogen-bond donors (Lipinski definition) is 1. The lowest BCUT2D eigenvalue weighted by Gasteiger charge is -2.15. The number of anilines is 1. The van der Waals surface area contributed by atoms with Crippen molar-refractivity contribution in [2.45, 2.75) is 19.4 Å². The van der Waals surface area contributed by atoms with E-state index in [1.807, 2.05) is 6.07 Å². The van der Waals surface area contributed by atoms with Crippen molar-refractivity contribution in [2.24, 2.45) is 5.92 Å². The molecule has 1 heterocycles. The van der Waals surface area contributed by atoms with E-state index in [0.717, 1.165) is 13.0 Å². The molecule has 0 aromatic heterocycles. The summed E-state index contributed by atoms with van der Waals surface area (Å²) in [6.07, 6.45) is 0.458. The quantitative estimate of drug-likeness (QED) is 0.890. The maximum absolute atomic E-state index is 12.0. The van der Waals surface area contributed by atoms with Gasteiger partial charge in [0, 0.05) is 18.2 Å². The molecule has 1 N–H and O–H groups in total. The highest BCUT2D eigenvalue weighted by molar-refractivity contribution is 5.94. The van der Waals surface area contributed by atoms with Crippen molar-refractivity contribution in [1.29, 1.82) is 5.26 Å². The van der Waals surface area contributed by atoms with E-state index in [1.165, 1.54) is 0 Å². The fourth-order valence-electron chi connectivity index (χ4n) is 1.98. The fraction of sp³-hybridized carbons (Fsp3) is 0.467.